The highest BCUT2D eigenvalue weighted by atomic mass is 14.9. The third-order valence-electron chi connectivity index (χ3n) is 10.5. The van der Waals surface area contributed by atoms with Gasteiger partial charge in [-0.05, 0) is 97.1 Å². The molecule has 0 fully saturated rings. The summed E-state index contributed by atoms with van der Waals surface area (Å²) in [6.45, 7) is 4.68. The van der Waals surface area contributed by atoms with Crippen LogP contribution in [0.25, 0.3) is 33.4 Å². The van der Waals surface area contributed by atoms with Gasteiger partial charge in [0.05, 0.1) is 5.41 Å². The highest BCUT2D eigenvalue weighted by Crippen LogP contribution is 2.56. The molecule has 0 atom stereocenters. The van der Waals surface area contributed by atoms with E-state index in [1.807, 2.05) is 0 Å². The first-order valence-electron chi connectivity index (χ1n) is 16.5. The van der Waals surface area contributed by atoms with Crippen LogP contribution >= 0.6 is 0 Å². The van der Waals surface area contributed by atoms with Crippen molar-refractivity contribution >= 4 is 11.4 Å². The number of nitrogens with one attached hydrogen (secondary N) is 1. The number of hydrogen-bond donors (Lipinski definition) is 1. The van der Waals surface area contributed by atoms with Gasteiger partial charge in [-0.1, -0.05) is 153 Å². The standard InChI is InChI=1S/C46H35N/c1-45(2)41-19-11-9-17-37(41)39-27-23-32(29-44(39)45)31-21-24-35(25-22-31)47-36-26-28-43-40(30-36)38-18-10-12-20-42(38)46(43,33-13-5-3-6-14-33)34-15-7-4-8-16-34/h3-30,47H,1-2H3. The van der Waals surface area contributed by atoms with Gasteiger partial charge in [-0.3, -0.25) is 0 Å². The Hall–Kier alpha value is -5.66. The first-order chi connectivity index (χ1) is 23.0. The van der Waals surface area contributed by atoms with Crippen molar-refractivity contribution in [3.63, 3.8) is 0 Å². The van der Waals surface area contributed by atoms with E-state index in [1.165, 1.54) is 66.8 Å². The molecular formula is C46H35N. The van der Waals surface area contributed by atoms with Crippen LogP contribution in [0, 0.1) is 0 Å². The fraction of sp³-hybridized carbons (Fsp3) is 0.0870. The molecule has 0 aromatic heterocycles. The van der Waals surface area contributed by atoms with Crippen LogP contribution in [0.5, 0.6) is 0 Å². The normalized spacial score (nSPS) is 14.5. The predicted octanol–water partition coefficient (Wildman–Crippen LogP) is 11.8. The molecule has 2 aliphatic carbocycles. The molecule has 1 heteroatoms. The Morgan fingerprint density at radius 1 is 0.362 bits per heavy atom. The Bertz CT molecular complexity index is 2240. The molecular weight excluding hydrogens is 567 g/mol. The summed E-state index contributed by atoms with van der Waals surface area (Å²) >= 11 is 0. The van der Waals surface area contributed by atoms with E-state index in [2.05, 4.69) is 189 Å². The SMILES string of the molecule is CC1(C)c2ccccc2-c2ccc(-c3ccc(Nc4ccc5c(c4)-c4ccccc4C5(c4ccccc4)c4ccccc4)cc3)cc21. The Morgan fingerprint density at radius 3 is 1.55 bits per heavy atom. The van der Waals surface area contributed by atoms with E-state index in [0.29, 0.717) is 0 Å². The van der Waals surface area contributed by atoms with Crippen molar-refractivity contribution in [2.24, 2.45) is 0 Å². The molecule has 9 rings (SSSR count). The van der Waals surface area contributed by atoms with Crippen LogP contribution in [0.3, 0.4) is 0 Å². The molecule has 2 aliphatic rings. The number of rotatable bonds is 5. The zero-order chi connectivity index (χ0) is 31.6. The average molecular weight is 602 g/mol. The van der Waals surface area contributed by atoms with Crippen molar-refractivity contribution < 1.29 is 0 Å². The first-order valence-corrected chi connectivity index (χ1v) is 16.5. The lowest BCUT2D eigenvalue weighted by Crippen LogP contribution is -2.28. The zero-order valence-electron chi connectivity index (χ0n) is 26.7. The van der Waals surface area contributed by atoms with Crippen LogP contribution in [0.4, 0.5) is 11.4 Å². The minimum atomic E-state index is -0.375. The van der Waals surface area contributed by atoms with Gasteiger partial charge >= 0.3 is 0 Å². The summed E-state index contributed by atoms with van der Waals surface area (Å²) in [4.78, 5) is 0. The average Bonchev–Trinajstić information content (AvgIpc) is 3.55. The lowest BCUT2D eigenvalue weighted by molar-refractivity contribution is 0.660. The number of fused-ring (bicyclic) bond motifs is 6. The van der Waals surface area contributed by atoms with Crippen LogP contribution < -0.4 is 5.32 Å². The summed E-state index contributed by atoms with van der Waals surface area (Å²) in [6, 6.07) is 62.4. The third kappa shape index (κ3) is 4.09. The number of anilines is 2. The molecule has 0 saturated heterocycles. The maximum Gasteiger partial charge on any atom is 0.0713 e. The van der Waals surface area contributed by atoms with Gasteiger partial charge in [0.15, 0.2) is 0 Å². The first kappa shape index (κ1) is 27.6. The molecule has 7 aromatic rings. The lowest BCUT2D eigenvalue weighted by Gasteiger charge is -2.33. The summed E-state index contributed by atoms with van der Waals surface area (Å²) < 4.78 is 0. The Kier molecular flexibility index (Phi) is 6.14. The van der Waals surface area contributed by atoms with E-state index in [0.717, 1.165) is 11.4 Å². The van der Waals surface area contributed by atoms with Crippen LogP contribution in [-0.4, -0.2) is 0 Å². The maximum atomic E-state index is 3.72. The van der Waals surface area contributed by atoms with Gasteiger partial charge in [-0.15, -0.1) is 0 Å². The summed E-state index contributed by atoms with van der Waals surface area (Å²) in [5, 5.41) is 3.72. The van der Waals surface area contributed by atoms with Gasteiger partial charge in [0.1, 0.15) is 0 Å². The molecule has 0 bridgehead atoms. The van der Waals surface area contributed by atoms with Crippen molar-refractivity contribution in [3.8, 4) is 33.4 Å². The number of hydrogen-bond acceptors (Lipinski definition) is 1. The van der Waals surface area contributed by atoms with Crippen molar-refractivity contribution in [2.45, 2.75) is 24.7 Å². The summed E-state index contributed by atoms with van der Waals surface area (Å²) in [7, 11) is 0. The van der Waals surface area contributed by atoms with Gasteiger partial charge < -0.3 is 5.32 Å². The van der Waals surface area contributed by atoms with Crippen LogP contribution in [-0.2, 0) is 10.8 Å². The van der Waals surface area contributed by atoms with Crippen molar-refractivity contribution in [1.82, 2.24) is 0 Å². The van der Waals surface area contributed by atoms with E-state index < -0.39 is 0 Å². The highest BCUT2D eigenvalue weighted by molar-refractivity contribution is 5.89. The quantitative estimate of drug-likeness (QED) is 0.207. The van der Waals surface area contributed by atoms with Crippen LogP contribution in [0.1, 0.15) is 47.2 Å². The van der Waals surface area contributed by atoms with E-state index in [9.17, 15) is 0 Å². The summed E-state index contributed by atoms with van der Waals surface area (Å²) in [5.74, 6) is 0. The molecule has 0 heterocycles. The van der Waals surface area contributed by atoms with Gasteiger partial charge in [-0.25, -0.2) is 0 Å². The topological polar surface area (TPSA) is 12.0 Å². The van der Waals surface area contributed by atoms with Crippen molar-refractivity contribution in [2.75, 3.05) is 5.32 Å². The molecule has 0 aliphatic heterocycles. The second kappa shape index (κ2) is 10.4. The van der Waals surface area contributed by atoms with E-state index >= 15 is 0 Å². The molecule has 1 nitrogen and oxygen atoms in total. The molecule has 0 radical (unpaired) electrons. The van der Waals surface area contributed by atoms with Gasteiger partial charge in [0.25, 0.3) is 0 Å². The Labute approximate surface area is 277 Å². The molecule has 1 N–H and O–H groups in total. The van der Waals surface area contributed by atoms with E-state index in [-0.39, 0.29) is 10.8 Å². The molecule has 0 unspecified atom stereocenters. The van der Waals surface area contributed by atoms with Crippen molar-refractivity contribution in [3.05, 3.63) is 203 Å². The second-order valence-corrected chi connectivity index (χ2v) is 13.4. The Balaban J connectivity index is 1.07. The fourth-order valence-corrected chi connectivity index (χ4v) is 8.32. The molecule has 47 heavy (non-hydrogen) atoms. The fourth-order valence-electron chi connectivity index (χ4n) is 8.32. The monoisotopic (exact) mass is 601 g/mol. The van der Waals surface area contributed by atoms with Gasteiger partial charge in [0, 0.05) is 16.8 Å². The lowest BCUT2D eigenvalue weighted by atomic mass is 9.68. The maximum absolute atomic E-state index is 3.72. The molecule has 224 valence electrons. The predicted molar refractivity (Wildman–Crippen MR) is 196 cm³/mol. The van der Waals surface area contributed by atoms with Crippen LogP contribution in [0.15, 0.2) is 170 Å². The molecule has 0 saturated carbocycles. The summed E-state index contributed by atoms with van der Waals surface area (Å²) in [5.41, 5.74) is 17.6. The minimum Gasteiger partial charge on any atom is -0.356 e. The Morgan fingerprint density at radius 2 is 0.872 bits per heavy atom. The zero-order valence-corrected chi connectivity index (χ0v) is 26.7. The molecule has 0 spiro atoms. The van der Waals surface area contributed by atoms with E-state index in [4.69, 9.17) is 0 Å². The third-order valence-corrected chi connectivity index (χ3v) is 10.5. The van der Waals surface area contributed by atoms with Gasteiger partial charge in [-0.2, -0.15) is 0 Å². The summed E-state index contributed by atoms with van der Waals surface area (Å²) in [6.07, 6.45) is 0. The van der Waals surface area contributed by atoms with E-state index in [1.54, 1.807) is 0 Å². The molecule has 7 aromatic carbocycles. The van der Waals surface area contributed by atoms with Crippen molar-refractivity contribution in [1.29, 1.82) is 0 Å². The smallest absolute Gasteiger partial charge is 0.0713 e. The largest absolute Gasteiger partial charge is 0.356 e. The highest BCUT2D eigenvalue weighted by Gasteiger charge is 2.46. The van der Waals surface area contributed by atoms with Crippen LogP contribution in [0.2, 0.25) is 0 Å². The molecule has 0 amide bonds. The van der Waals surface area contributed by atoms with Gasteiger partial charge in [0.2, 0.25) is 0 Å². The minimum absolute atomic E-state index is 0.00572. The number of benzene rings is 7. The second-order valence-electron chi connectivity index (χ2n) is 13.4.